The van der Waals surface area contributed by atoms with Gasteiger partial charge in [0.1, 0.15) is 0 Å². The molecular formula is C14H16Cl2N2O. The van der Waals surface area contributed by atoms with E-state index >= 15 is 0 Å². The highest BCUT2D eigenvalue weighted by Gasteiger charge is 2.18. The Bertz CT molecular complexity index is 633. The highest BCUT2D eigenvalue weighted by atomic mass is 35.5. The van der Waals surface area contributed by atoms with E-state index in [2.05, 4.69) is 10.3 Å². The minimum atomic E-state index is 0. The van der Waals surface area contributed by atoms with Crippen molar-refractivity contribution in [2.45, 2.75) is 18.8 Å². The van der Waals surface area contributed by atoms with Crippen molar-refractivity contribution < 1.29 is 0 Å². The van der Waals surface area contributed by atoms with Gasteiger partial charge in [0.25, 0.3) is 5.56 Å². The van der Waals surface area contributed by atoms with Crippen molar-refractivity contribution in [3.63, 3.8) is 0 Å². The number of halogens is 2. The van der Waals surface area contributed by atoms with E-state index in [0.717, 1.165) is 42.4 Å². The minimum Gasteiger partial charge on any atom is -0.322 e. The van der Waals surface area contributed by atoms with Gasteiger partial charge in [-0.2, -0.15) is 0 Å². The van der Waals surface area contributed by atoms with Gasteiger partial charge in [-0.05, 0) is 55.4 Å². The van der Waals surface area contributed by atoms with Gasteiger partial charge in [-0.3, -0.25) is 4.79 Å². The molecule has 1 fully saturated rings. The van der Waals surface area contributed by atoms with Gasteiger partial charge in [0.2, 0.25) is 0 Å². The van der Waals surface area contributed by atoms with Crippen LogP contribution in [0.4, 0.5) is 0 Å². The van der Waals surface area contributed by atoms with Gasteiger partial charge < -0.3 is 10.3 Å². The molecule has 3 rings (SSSR count). The molecule has 102 valence electrons. The third-order valence-corrected chi connectivity index (χ3v) is 3.85. The fraction of sp³-hybridized carbons (Fsp3) is 0.357. The lowest BCUT2D eigenvalue weighted by atomic mass is 9.90. The third-order valence-electron chi connectivity index (χ3n) is 3.62. The summed E-state index contributed by atoms with van der Waals surface area (Å²) in [4.78, 5) is 15.1. The Morgan fingerprint density at radius 2 is 1.89 bits per heavy atom. The van der Waals surface area contributed by atoms with E-state index in [1.54, 1.807) is 6.07 Å². The van der Waals surface area contributed by atoms with E-state index in [1.165, 1.54) is 0 Å². The maximum atomic E-state index is 12.1. The normalized spacial score (nSPS) is 16.3. The second-order valence-corrected chi connectivity index (χ2v) is 5.25. The molecule has 2 aromatic rings. The van der Waals surface area contributed by atoms with E-state index < -0.39 is 0 Å². The van der Waals surface area contributed by atoms with Crippen LogP contribution in [0, 0.1) is 0 Å². The zero-order chi connectivity index (χ0) is 12.5. The van der Waals surface area contributed by atoms with Crippen LogP contribution in [-0.4, -0.2) is 18.1 Å². The lowest BCUT2D eigenvalue weighted by molar-refractivity contribution is 0.458. The molecule has 0 spiro atoms. The standard InChI is InChI=1S/C14H15ClN2O.ClH/c15-11-2-1-10-7-12(9-3-5-16-6-4-9)14(18)17-13(10)8-11;/h1-2,7-9,16H,3-6H2,(H,17,18);1H. The van der Waals surface area contributed by atoms with Crippen LogP contribution in [-0.2, 0) is 0 Å². The summed E-state index contributed by atoms with van der Waals surface area (Å²) in [5.41, 5.74) is 1.74. The molecule has 0 bridgehead atoms. The van der Waals surface area contributed by atoms with Gasteiger partial charge in [-0.25, -0.2) is 0 Å². The Kier molecular flexibility index (Phi) is 4.50. The fourth-order valence-corrected chi connectivity index (χ4v) is 2.80. The molecule has 2 N–H and O–H groups in total. The predicted molar refractivity (Wildman–Crippen MR) is 81.7 cm³/mol. The quantitative estimate of drug-likeness (QED) is 0.850. The lowest BCUT2D eigenvalue weighted by Crippen LogP contribution is -2.29. The number of hydrogen-bond donors (Lipinski definition) is 2. The van der Waals surface area contributed by atoms with Crippen LogP contribution < -0.4 is 10.9 Å². The molecule has 0 radical (unpaired) electrons. The first-order chi connectivity index (χ1) is 8.74. The van der Waals surface area contributed by atoms with Crippen LogP contribution in [0.15, 0.2) is 29.1 Å². The molecule has 1 aromatic heterocycles. The molecule has 0 aliphatic carbocycles. The maximum Gasteiger partial charge on any atom is 0.251 e. The number of aromatic nitrogens is 1. The largest absolute Gasteiger partial charge is 0.322 e. The summed E-state index contributed by atoms with van der Waals surface area (Å²) in [5, 5.41) is 5.01. The van der Waals surface area contributed by atoms with Crippen LogP contribution >= 0.6 is 24.0 Å². The smallest absolute Gasteiger partial charge is 0.251 e. The number of aromatic amines is 1. The topological polar surface area (TPSA) is 44.9 Å². The number of hydrogen-bond acceptors (Lipinski definition) is 2. The minimum absolute atomic E-state index is 0. The van der Waals surface area contributed by atoms with E-state index in [0.29, 0.717) is 10.9 Å². The first-order valence-corrected chi connectivity index (χ1v) is 6.65. The number of rotatable bonds is 1. The van der Waals surface area contributed by atoms with E-state index in [-0.39, 0.29) is 18.0 Å². The second kappa shape index (κ2) is 5.95. The monoisotopic (exact) mass is 298 g/mol. The summed E-state index contributed by atoms with van der Waals surface area (Å²) >= 11 is 5.93. The van der Waals surface area contributed by atoms with Crippen molar-refractivity contribution >= 4 is 34.9 Å². The first kappa shape index (κ1) is 14.4. The molecule has 0 saturated carbocycles. The molecule has 5 heteroatoms. The molecule has 3 nitrogen and oxygen atoms in total. The Hall–Kier alpha value is -1.03. The van der Waals surface area contributed by atoms with Gasteiger partial charge in [-0.15, -0.1) is 12.4 Å². The molecule has 1 aliphatic rings. The summed E-state index contributed by atoms with van der Waals surface area (Å²) in [7, 11) is 0. The summed E-state index contributed by atoms with van der Waals surface area (Å²) in [6, 6.07) is 7.62. The van der Waals surface area contributed by atoms with Gasteiger partial charge in [0.15, 0.2) is 0 Å². The number of fused-ring (bicyclic) bond motifs is 1. The van der Waals surface area contributed by atoms with Crippen LogP contribution in [0.25, 0.3) is 10.9 Å². The molecule has 2 heterocycles. The highest BCUT2D eigenvalue weighted by molar-refractivity contribution is 6.31. The maximum absolute atomic E-state index is 12.1. The van der Waals surface area contributed by atoms with Crippen molar-refractivity contribution in [1.29, 1.82) is 0 Å². The number of nitrogens with one attached hydrogen (secondary N) is 2. The Balaban J connectivity index is 0.00000133. The molecule has 1 aromatic carbocycles. The van der Waals surface area contributed by atoms with Crippen LogP contribution in [0.1, 0.15) is 24.3 Å². The van der Waals surface area contributed by atoms with Crippen molar-refractivity contribution in [2.75, 3.05) is 13.1 Å². The predicted octanol–water partition coefficient (Wildman–Crippen LogP) is 3.07. The Labute approximate surface area is 122 Å². The van der Waals surface area contributed by atoms with E-state index in [4.69, 9.17) is 11.6 Å². The summed E-state index contributed by atoms with van der Waals surface area (Å²) in [6.45, 7) is 1.98. The van der Waals surface area contributed by atoms with Crippen molar-refractivity contribution in [2.24, 2.45) is 0 Å². The third kappa shape index (κ3) is 2.94. The first-order valence-electron chi connectivity index (χ1n) is 6.27. The SMILES string of the molecule is Cl.O=c1[nH]c2cc(Cl)ccc2cc1C1CCNCC1. The molecule has 0 unspecified atom stereocenters. The van der Waals surface area contributed by atoms with Crippen molar-refractivity contribution in [1.82, 2.24) is 10.3 Å². The molecule has 0 amide bonds. The fourth-order valence-electron chi connectivity index (χ4n) is 2.63. The van der Waals surface area contributed by atoms with Crippen LogP contribution in [0.5, 0.6) is 0 Å². The van der Waals surface area contributed by atoms with Gasteiger partial charge in [0, 0.05) is 16.1 Å². The van der Waals surface area contributed by atoms with E-state index in [1.807, 2.05) is 18.2 Å². The zero-order valence-electron chi connectivity index (χ0n) is 10.4. The van der Waals surface area contributed by atoms with E-state index in [9.17, 15) is 4.79 Å². The summed E-state index contributed by atoms with van der Waals surface area (Å²) in [5.74, 6) is 0.370. The molecule has 19 heavy (non-hydrogen) atoms. The van der Waals surface area contributed by atoms with Crippen LogP contribution in [0.2, 0.25) is 5.02 Å². The Morgan fingerprint density at radius 3 is 2.63 bits per heavy atom. The summed E-state index contributed by atoms with van der Waals surface area (Å²) < 4.78 is 0. The van der Waals surface area contributed by atoms with Crippen molar-refractivity contribution in [3.8, 4) is 0 Å². The number of benzene rings is 1. The average molecular weight is 299 g/mol. The van der Waals surface area contributed by atoms with Gasteiger partial charge in [0.05, 0.1) is 0 Å². The van der Waals surface area contributed by atoms with Gasteiger partial charge >= 0.3 is 0 Å². The molecule has 1 aliphatic heterocycles. The highest BCUT2D eigenvalue weighted by Crippen LogP contribution is 2.25. The lowest BCUT2D eigenvalue weighted by Gasteiger charge is -2.22. The molecule has 1 saturated heterocycles. The zero-order valence-corrected chi connectivity index (χ0v) is 12.0. The Morgan fingerprint density at radius 1 is 1.16 bits per heavy atom. The van der Waals surface area contributed by atoms with Crippen molar-refractivity contribution in [3.05, 3.63) is 45.2 Å². The van der Waals surface area contributed by atoms with Gasteiger partial charge in [-0.1, -0.05) is 17.7 Å². The molecular weight excluding hydrogens is 283 g/mol. The second-order valence-electron chi connectivity index (χ2n) is 4.81. The molecule has 0 atom stereocenters. The van der Waals surface area contributed by atoms with Crippen LogP contribution in [0.3, 0.4) is 0 Å². The number of H-pyrrole nitrogens is 1. The number of piperidine rings is 1. The number of pyridine rings is 1. The average Bonchev–Trinajstić information content (AvgIpc) is 2.39. The summed E-state index contributed by atoms with van der Waals surface area (Å²) in [6.07, 6.45) is 2.06.